The van der Waals surface area contributed by atoms with Gasteiger partial charge in [0.2, 0.25) is 0 Å². The van der Waals surface area contributed by atoms with Gasteiger partial charge in [0.25, 0.3) is 0 Å². The Morgan fingerprint density at radius 3 is 2.48 bits per heavy atom. The molecule has 2 aromatic carbocycles. The molecule has 0 amide bonds. The van der Waals surface area contributed by atoms with Crippen LogP contribution in [0.1, 0.15) is 0 Å². The van der Waals surface area contributed by atoms with Gasteiger partial charge in [-0.1, -0.05) is 29.8 Å². The highest BCUT2D eigenvalue weighted by atomic mass is 35.5. The lowest BCUT2D eigenvalue weighted by molar-refractivity contribution is 0.475. The molecule has 1 aromatic heterocycles. The van der Waals surface area contributed by atoms with Gasteiger partial charge < -0.3 is 9.67 Å². The molecule has 0 unspecified atom stereocenters. The van der Waals surface area contributed by atoms with Gasteiger partial charge in [-0.25, -0.2) is 4.99 Å². The molecular formula is C18H15ClN2OS. The standard InChI is InChI=1S/C18H15ClN2OS/c1-2-11-21-17(13-3-5-14(19)6-4-13)12-23-18(21)20-15-7-9-16(22)10-8-15/h2-10,12,22H,1,11H2. The highest BCUT2D eigenvalue weighted by Crippen LogP contribution is 2.23. The van der Waals surface area contributed by atoms with E-state index in [9.17, 15) is 5.11 Å². The summed E-state index contributed by atoms with van der Waals surface area (Å²) in [6.45, 7) is 4.50. The zero-order valence-electron chi connectivity index (χ0n) is 12.3. The molecule has 0 saturated heterocycles. The molecule has 3 aromatic rings. The van der Waals surface area contributed by atoms with Crippen molar-refractivity contribution in [2.24, 2.45) is 4.99 Å². The van der Waals surface area contributed by atoms with Crippen LogP contribution in [0.15, 0.2) is 71.6 Å². The third-order valence-electron chi connectivity index (χ3n) is 3.32. The minimum absolute atomic E-state index is 0.232. The predicted octanol–water partition coefficient (Wildman–Crippen LogP) is 4.99. The zero-order chi connectivity index (χ0) is 16.2. The molecule has 0 spiro atoms. The molecule has 3 nitrogen and oxygen atoms in total. The molecule has 3 rings (SSSR count). The number of phenolic OH excluding ortho intramolecular Hbond substituents is 1. The second kappa shape index (κ2) is 6.86. The number of thiazole rings is 1. The van der Waals surface area contributed by atoms with E-state index >= 15 is 0 Å². The average molecular weight is 343 g/mol. The maximum Gasteiger partial charge on any atom is 0.190 e. The van der Waals surface area contributed by atoms with Crippen LogP contribution in [0.25, 0.3) is 11.3 Å². The molecule has 5 heteroatoms. The first kappa shape index (κ1) is 15.6. The fourth-order valence-electron chi connectivity index (χ4n) is 2.21. The van der Waals surface area contributed by atoms with Gasteiger partial charge in [0, 0.05) is 16.9 Å². The van der Waals surface area contributed by atoms with E-state index in [0.29, 0.717) is 11.6 Å². The molecule has 0 aliphatic carbocycles. The van der Waals surface area contributed by atoms with Crippen LogP contribution in [0.2, 0.25) is 5.02 Å². The molecule has 0 aliphatic heterocycles. The number of nitrogens with zero attached hydrogens (tertiary/aromatic N) is 2. The van der Waals surface area contributed by atoms with Crippen molar-refractivity contribution < 1.29 is 5.11 Å². The topological polar surface area (TPSA) is 37.5 Å². The first-order chi connectivity index (χ1) is 11.2. The van der Waals surface area contributed by atoms with Gasteiger partial charge in [0.15, 0.2) is 4.80 Å². The Bertz CT molecular complexity index is 877. The summed E-state index contributed by atoms with van der Waals surface area (Å²) in [5, 5.41) is 12.2. The maximum atomic E-state index is 9.37. The van der Waals surface area contributed by atoms with Crippen LogP contribution >= 0.6 is 22.9 Å². The van der Waals surface area contributed by atoms with Gasteiger partial charge in [-0.05, 0) is 42.0 Å². The van der Waals surface area contributed by atoms with Gasteiger partial charge in [-0.2, -0.15) is 0 Å². The third-order valence-corrected chi connectivity index (χ3v) is 4.44. The van der Waals surface area contributed by atoms with Crippen molar-refractivity contribution in [3.63, 3.8) is 0 Å². The second-order valence-corrected chi connectivity index (χ2v) is 6.21. The number of halogens is 1. The van der Waals surface area contributed by atoms with Gasteiger partial charge in [0.1, 0.15) is 5.75 Å². The molecular weight excluding hydrogens is 328 g/mol. The van der Waals surface area contributed by atoms with Crippen LogP contribution in [-0.4, -0.2) is 9.67 Å². The Morgan fingerprint density at radius 1 is 1.13 bits per heavy atom. The van der Waals surface area contributed by atoms with Crippen LogP contribution in [0.3, 0.4) is 0 Å². The molecule has 0 saturated carbocycles. The van der Waals surface area contributed by atoms with E-state index in [1.54, 1.807) is 35.6 Å². The van der Waals surface area contributed by atoms with Crippen LogP contribution in [0.4, 0.5) is 5.69 Å². The first-order valence-corrected chi connectivity index (χ1v) is 8.32. The van der Waals surface area contributed by atoms with E-state index in [2.05, 4.69) is 21.5 Å². The number of allylic oxidation sites excluding steroid dienone is 1. The van der Waals surface area contributed by atoms with E-state index in [1.807, 2.05) is 30.3 Å². The summed E-state index contributed by atoms with van der Waals surface area (Å²) >= 11 is 7.53. The smallest absolute Gasteiger partial charge is 0.190 e. The number of aromatic nitrogens is 1. The lowest BCUT2D eigenvalue weighted by atomic mass is 10.2. The average Bonchev–Trinajstić information content (AvgIpc) is 2.94. The van der Waals surface area contributed by atoms with Crippen LogP contribution < -0.4 is 4.80 Å². The van der Waals surface area contributed by atoms with Crippen molar-refractivity contribution in [1.82, 2.24) is 4.57 Å². The second-order valence-electron chi connectivity index (χ2n) is 4.94. The van der Waals surface area contributed by atoms with Crippen molar-refractivity contribution in [2.45, 2.75) is 6.54 Å². The van der Waals surface area contributed by atoms with E-state index in [0.717, 1.165) is 21.7 Å². The van der Waals surface area contributed by atoms with Crippen molar-refractivity contribution in [3.8, 4) is 17.0 Å². The number of hydrogen-bond donors (Lipinski definition) is 1. The molecule has 1 heterocycles. The summed E-state index contributed by atoms with van der Waals surface area (Å²) in [5.41, 5.74) is 2.95. The Balaban J connectivity index is 2.09. The summed E-state index contributed by atoms with van der Waals surface area (Å²) in [4.78, 5) is 5.54. The third kappa shape index (κ3) is 3.55. The molecule has 0 aliphatic rings. The number of benzene rings is 2. The largest absolute Gasteiger partial charge is 0.508 e. The highest BCUT2D eigenvalue weighted by Gasteiger charge is 2.07. The van der Waals surface area contributed by atoms with Crippen molar-refractivity contribution in [1.29, 1.82) is 0 Å². The fourth-order valence-corrected chi connectivity index (χ4v) is 3.28. The molecule has 23 heavy (non-hydrogen) atoms. The highest BCUT2D eigenvalue weighted by molar-refractivity contribution is 7.07. The fraction of sp³-hybridized carbons (Fsp3) is 0.0556. The van der Waals surface area contributed by atoms with Gasteiger partial charge in [0.05, 0.1) is 11.4 Å². The minimum atomic E-state index is 0.232. The Kier molecular flexibility index (Phi) is 4.65. The van der Waals surface area contributed by atoms with E-state index in [-0.39, 0.29) is 5.75 Å². The van der Waals surface area contributed by atoms with Crippen LogP contribution in [0.5, 0.6) is 5.75 Å². The number of rotatable bonds is 4. The molecule has 1 N–H and O–H groups in total. The zero-order valence-corrected chi connectivity index (χ0v) is 13.9. The number of phenols is 1. The van der Waals surface area contributed by atoms with E-state index in [1.165, 1.54) is 0 Å². The van der Waals surface area contributed by atoms with Gasteiger partial charge in [-0.15, -0.1) is 17.9 Å². The van der Waals surface area contributed by atoms with Crippen molar-refractivity contribution >= 4 is 28.6 Å². The van der Waals surface area contributed by atoms with Crippen molar-refractivity contribution in [3.05, 3.63) is 76.4 Å². The van der Waals surface area contributed by atoms with Crippen LogP contribution in [-0.2, 0) is 6.54 Å². The minimum Gasteiger partial charge on any atom is -0.508 e. The van der Waals surface area contributed by atoms with Gasteiger partial charge in [-0.3, -0.25) is 0 Å². The quantitative estimate of drug-likeness (QED) is 0.666. The lowest BCUT2D eigenvalue weighted by Crippen LogP contribution is -2.14. The van der Waals surface area contributed by atoms with Gasteiger partial charge >= 0.3 is 0 Å². The molecule has 0 radical (unpaired) electrons. The lowest BCUT2D eigenvalue weighted by Gasteiger charge is -2.06. The number of hydrogen-bond acceptors (Lipinski definition) is 3. The molecule has 0 atom stereocenters. The van der Waals surface area contributed by atoms with Crippen LogP contribution in [0, 0.1) is 0 Å². The predicted molar refractivity (Wildman–Crippen MR) is 96.3 cm³/mol. The maximum absolute atomic E-state index is 9.37. The van der Waals surface area contributed by atoms with Crippen molar-refractivity contribution in [2.75, 3.05) is 0 Å². The summed E-state index contributed by atoms with van der Waals surface area (Å²) in [7, 11) is 0. The summed E-state index contributed by atoms with van der Waals surface area (Å²) in [6, 6.07) is 14.6. The summed E-state index contributed by atoms with van der Waals surface area (Å²) in [6.07, 6.45) is 1.85. The van der Waals surface area contributed by atoms with E-state index < -0.39 is 0 Å². The molecule has 0 fully saturated rings. The Morgan fingerprint density at radius 2 is 1.83 bits per heavy atom. The normalized spacial score (nSPS) is 11.6. The summed E-state index contributed by atoms with van der Waals surface area (Å²) < 4.78 is 2.10. The first-order valence-electron chi connectivity index (χ1n) is 7.06. The SMILES string of the molecule is C=CCn1c(-c2ccc(Cl)cc2)csc1=Nc1ccc(O)cc1. The van der Waals surface area contributed by atoms with E-state index in [4.69, 9.17) is 11.6 Å². The monoisotopic (exact) mass is 342 g/mol. The number of aromatic hydroxyl groups is 1. The molecule has 116 valence electrons. The Labute approximate surface area is 143 Å². The Hall–Kier alpha value is -2.30. The summed E-state index contributed by atoms with van der Waals surface area (Å²) in [5.74, 6) is 0.232. The molecule has 0 bridgehead atoms.